The molecule has 0 amide bonds. The smallest absolute Gasteiger partial charge is 0.254 e. The van der Waals surface area contributed by atoms with Crippen LogP contribution in [0.3, 0.4) is 0 Å². The summed E-state index contributed by atoms with van der Waals surface area (Å²) in [6.45, 7) is 2.82. The number of nitrogens with zero attached hydrogens (tertiary/aromatic N) is 2. The molecule has 1 rings (SSSR count). The molecule has 1 aromatic heterocycles. The SMILES string of the molecule is CCCCn1c(=O)ccn(C)c1=S. The Hall–Kier alpha value is -0.900. The first-order valence-corrected chi connectivity index (χ1v) is 4.84. The van der Waals surface area contributed by atoms with Crippen LogP contribution in [0.4, 0.5) is 0 Å². The van der Waals surface area contributed by atoms with E-state index >= 15 is 0 Å². The molecule has 0 aromatic carbocycles. The molecular formula is C9H14N2OS. The summed E-state index contributed by atoms with van der Waals surface area (Å²) in [5.41, 5.74) is -0.00319. The van der Waals surface area contributed by atoms with Crippen LogP contribution in [0.5, 0.6) is 0 Å². The van der Waals surface area contributed by atoms with E-state index in [-0.39, 0.29) is 5.56 Å². The highest BCUT2D eigenvalue weighted by Crippen LogP contribution is 1.93. The highest BCUT2D eigenvalue weighted by Gasteiger charge is 1.97. The molecule has 1 heterocycles. The lowest BCUT2D eigenvalue weighted by molar-refractivity contribution is 0.573. The van der Waals surface area contributed by atoms with E-state index in [1.54, 1.807) is 21.4 Å². The fraction of sp³-hybridized carbons (Fsp3) is 0.556. The van der Waals surface area contributed by atoms with E-state index < -0.39 is 0 Å². The average molecular weight is 198 g/mol. The largest absolute Gasteiger partial charge is 0.328 e. The van der Waals surface area contributed by atoms with E-state index in [0.29, 0.717) is 4.77 Å². The number of aryl methyl sites for hydroxylation is 1. The molecule has 0 atom stereocenters. The van der Waals surface area contributed by atoms with Crippen molar-refractivity contribution < 1.29 is 0 Å². The molecule has 0 fully saturated rings. The molecular weight excluding hydrogens is 184 g/mol. The van der Waals surface area contributed by atoms with Gasteiger partial charge in [0.25, 0.3) is 5.56 Å². The topological polar surface area (TPSA) is 26.9 Å². The monoisotopic (exact) mass is 198 g/mol. The highest BCUT2D eigenvalue weighted by molar-refractivity contribution is 7.71. The predicted molar refractivity (Wildman–Crippen MR) is 55.4 cm³/mol. The van der Waals surface area contributed by atoms with Crippen LogP contribution in [-0.4, -0.2) is 9.13 Å². The first-order valence-electron chi connectivity index (χ1n) is 4.43. The second-order valence-electron chi connectivity index (χ2n) is 3.05. The van der Waals surface area contributed by atoms with Crippen molar-refractivity contribution >= 4 is 12.2 Å². The average Bonchev–Trinajstić information content (AvgIpc) is 2.12. The fourth-order valence-electron chi connectivity index (χ4n) is 1.14. The lowest BCUT2D eigenvalue weighted by atomic mass is 10.3. The predicted octanol–water partition coefficient (Wildman–Crippen LogP) is 1.72. The molecule has 0 aliphatic rings. The zero-order valence-electron chi connectivity index (χ0n) is 7.99. The van der Waals surface area contributed by atoms with Crippen molar-refractivity contribution in [1.82, 2.24) is 9.13 Å². The molecule has 4 heteroatoms. The van der Waals surface area contributed by atoms with Gasteiger partial charge in [-0.05, 0) is 18.6 Å². The molecule has 1 aromatic rings. The molecule has 0 aliphatic heterocycles. The summed E-state index contributed by atoms with van der Waals surface area (Å²) >= 11 is 5.12. The minimum absolute atomic E-state index is 0.00319. The van der Waals surface area contributed by atoms with Crippen molar-refractivity contribution in [1.29, 1.82) is 0 Å². The van der Waals surface area contributed by atoms with Crippen LogP contribution in [0.1, 0.15) is 19.8 Å². The van der Waals surface area contributed by atoms with Gasteiger partial charge in [-0.15, -0.1) is 0 Å². The number of hydrogen-bond acceptors (Lipinski definition) is 2. The van der Waals surface area contributed by atoms with Crippen molar-refractivity contribution in [2.45, 2.75) is 26.3 Å². The maximum atomic E-state index is 11.4. The molecule has 0 unspecified atom stereocenters. The van der Waals surface area contributed by atoms with E-state index in [1.165, 1.54) is 0 Å². The van der Waals surface area contributed by atoms with Crippen LogP contribution in [-0.2, 0) is 13.6 Å². The van der Waals surface area contributed by atoms with Gasteiger partial charge in [-0.25, -0.2) is 0 Å². The minimum Gasteiger partial charge on any atom is -0.328 e. The summed E-state index contributed by atoms with van der Waals surface area (Å²) in [5, 5.41) is 0. The Labute approximate surface area is 82.6 Å². The van der Waals surface area contributed by atoms with Gasteiger partial charge in [0.15, 0.2) is 4.77 Å². The van der Waals surface area contributed by atoms with E-state index in [0.717, 1.165) is 19.4 Å². The quantitative estimate of drug-likeness (QED) is 0.691. The Bertz CT molecular complexity index is 391. The minimum atomic E-state index is -0.00319. The molecule has 0 bridgehead atoms. The van der Waals surface area contributed by atoms with Gasteiger partial charge in [-0.3, -0.25) is 9.36 Å². The molecule has 0 saturated carbocycles. The van der Waals surface area contributed by atoms with E-state index in [4.69, 9.17) is 12.2 Å². The van der Waals surface area contributed by atoms with Gasteiger partial charge in [0, 0.05) is 25.9 Å². The molecule has 0 saturated heterocycles. The van der Waals surface area contributed by atoms with Crippen molar-refractivity contribution in [2.24, 2.45) is 7.05 Å². The standard InChI is InChI=1S/C9H14N2OS/c1-3-4-6-11-8(12)5-7-10(2)9(11)13/h5,7H,3-4,6H2,1-2H3. The van der Waals surface area contributed by atoms with Crippen LogP contribution in [0, 0.1) is 4.77 Å². The summed E-state index contributed by atoms with van der Waals surface area (Å²) in [5.74, 6) is 0. The Morgan fingerprint density at radius 3 is 2.85 bits per heavy atom. The third-order valence-electron chi connectivity index (χ3n) is 1.97. The lowest BCUT2D eigenvalue weighted by Gasteiger charge is -2.06. The van der Waals surface area contributed by atoms with Gasteiger partial charge in [0.2, 0.25) is 0 Å². The van der Waals surface area contributed by atoms with Crippen molar-refractivity contribution in [3.05, 3.63) is 27.4 Å². The first kappa shape index (κ1) is 10.2. The first-order chi connectivity index (χ1) is 6.16. The third kappa shape index (κ3) is 2.28. The highest BCUT2D eigenvalue weighted by atomic mass is 32.1. The van der Waals surface area contributed by atoms with Crippen LogP contribution >= 0.6 is 12.2 Å². The summed E-state index contributed by atoms with van der Waals surface area (Å²) < 4.78 is 4.02. The van der Waals surface area contributed by atoms with Crippen molar-refractivity contribution in [3.8, 4) is 0 Å². The van der Waals surface area contributed by atoms with Crippen LogP contribution in [0.15, 0.2) is 17.1 Å². The molecule has 3 nitrogen and oxygen atoms in total. The van der Waals surface area contributed by atoms with Gasteiger partial charge in [0.05, 0.1) is 0 Å². The van der Waals surface area contributed by atoms with Gasteiger partial charge in [-0.2, -0.15) is 0 Å². The van der Waals surface area contributed by atoms with E-state index in [1.807, 2.05) is 7.05 Å². The van der Waals surface area contributed by atoms with Crippen molar-refractivity contribution in [3.63, 3.8) is 0 Å². The Morgan fingerprint density at radius 1 is 1.54 bits per heavy atom. The summed E-state index contributed by atoms with van der Waals surface area (Å²) in [7, 11) is 1.85. The zero-order chi connectivity index (χ0) is 9.84. The molecule has 0 spiro atoms. The second kappa shape index (κ2) is 4.37. The maximum absolute atomic E-state index is 11.4. The number of unbranched alkanes of at least 4 members (excludes halogenated alkanes) is 1. The van der Waals surface area contributed by atoms with Gasteiger partial charge in [0.1, 0.15) is 0 Å². The Balaban J connectivity index is 3.11. The van der Waals surface area contributed by atoms with E-state index in [9.17, 15) is 4.79 Å². The van der Waals surface area contributed by atoms with Crippen LogP contribution in [0.2, 0.25) is 0 Å². The summed E-state index contributed by atoms with van der Waals surface area (Å²) in [6.07, 6.45) is 3.76. The number of hydrogen-bond donors (Lipinski definition) is 0. The Morgan fingerprint density at radius 2 is 2.23 bits per heavy atom. The van der Waals surface area contributed by atoms with Gasteiger partial charge in [-0.1, -0.05) is 13.3 Å². The Kier molecular flexibility index (Phi) is 3.42. The van der Waals surface area contributed by atoms with Crippen molar-refractivity contribution in [2.75, 3.05) is 0 Å². The normalized spacial score (nSPS) is 10.3. The number of rotatable bonds is 3. The molecule has 0 N–H and O–H groups in total. The summed E-state index contributed by atoms with van der Waals surface area (Å²) in [4.78, 5) is 11.4. The lowest BCUT2D eigenvalue weighted by Crippen LogP contribution is -2.22. The third-order valence-corrected chi connectivity index (χ3v) is 2.48. The van der Waals surface area contributed by atoms with Crippen LogP contribution in [0.25, 0.3) is 0 Å². The fourth-order valence-corrected chi connectivity index (χ4v) is 1.38. The zero-order valence-corrected chi connectivity index (χ0v) is 8.80. The van der Waals surface area contributed by atoms with Crippen LogP contribution < -0.4 is 5.56 Å². The summed E-state index contributed by atoms with van der Waals surface area (Å²) in [6, 6.07) is 1.55. The molecule has 0 aliphatic carbocycles. The second-order valence-corrected chi connectivity index (χ2v) is 3.42. The van der Waals surface area contributed by atoms with E-state index in [2.05, 4.69) is 6.92 Å². The molecule has 13 heavy (non-hydrogen) atoms. The number of aromatic nitrogens is 2. The molecule has 72 valence electrons. The van der Waals surface area contributed by atoms with Gasteiger partial charge < -0.3 is 4.57 Å². The van der Waals surface area contributed by atoms with Gasteiger partial charge >= 0.3 is 0 Å². The maximum Gasteiger partial charge on any atom is 0.254 e. The molecule has 0 radical (unpaired) electrons.